The first-order valence-electron chi connectivity index (χ1n) is 10.8. The van der Waals surface area contributed by atoms with Crippen molar-refractivity contribution >= 4 is 33.4 Å². The van der Waals surface area contributed by atoms with E-state index in [1.165, 1.54) is 58.8 Å². The van der Waals surface area contributed by atoms with Gasteiger partial charge in [0, 0.05) is 40.9 Å². The molecule has 29 heavy (non-hydrogen) atoms. The Morgan fingerprint density at radius 2 is 1.97 bits per heavy atom. The molecule has 0 radical (unpaired) electrons. The monoisotopic (exact) mass is 385 g/mol. The molecular weight excluding hydrogens is 358 g/mol. The summed E-state index contributed by atoms with van der Waals surface area (Å²) < 4.78 is 2.27. The van der Waals surface area contributed by atoms with Crippen LogP contribution in [0.1, 0.15) is 42.0 Å². The zero-order chi connectivity index (χ0) is 19.4. The van der Waals surface area contributed by atoms with E-state index in [1.54, 1.807) is 0 Å². The third-order valence-corrected chi connectivity index (χ3v) is 6.78. The molecule has 4 aromatic rings. The van der Waals surface area contributed by atoms with Gasteiger partial charge in [0.1, 0.15) is 11.5 Å². The average molecular weight is 386 g/mol. The van der Waals surface area contributed by atoms with Crippen LogP contribution < -0.4 is 10.6 Å². The van der Waals surface area contributed by atoms with Gasteiger partial charge in [-0.3, -0.25) is 0 Å². The van der Waals surface area contributed by atoms with Gasteiger partial charge in [0.2, 0.25) is 0 Å². The molecule has 0 atom stereocenters. The van der Waals surface area contributed by atoms with E-state index in [1.807, 2.05) is 0 Å². The minimum atomic E-state index is 0.644. The first-order chi connectivity index (χ1) is 14.3. The van der Waals surface area contributed by atoms with Gasteiger partial charge < -0.3 is 20.2 Å². The van der Waals surface area contributed by atoms with E-state index < -0.39 is 0 Å². The normalized spacial score (nSPS) is 17.3. The van der Waals surface area contributed by atoms with E-state index in [9.17, 15) is 0 Å². The van der Waals surface area contributed by atoms with Gasteiger partial charge in [-0.2, -0.15) is 0 Å². The molecule has 5 nitrogen and oxygen atoms in total. The zero-order valence-electron chi connectivity index (χ0n) is 16.9. The van der Waals surface area contributed by atoms with E-state index >= 15 is 0 Å². The van der Waals surface area contributed by atoms with Crippen LogP contribution in [0.2, 0.25) is 0 Å². The van der Waals surface area contributed by atoms with Gasteiger partial charge in [0.05, 0.1) is 0 Å². The molecule has 0 bridgehead atoms. The van der Waals surface area contributed by atoms with Crippen LogP contribution in [0.3, 0.4) is 0 Å². The van der Waals surface area contributed by atoms with E-state index in [2.05, 4.69) is 63.8 Å². The number of piperidine rings is 1. The van der Waals surface area contributed by atoms with E-state index in [4.69, 9.17) is 4.98 Å². The molecule has 0 amide bonds. The highest BCUT2D eigenvalue weighted by molar-refractivity contribution is 5.89. The number of nitrogens with zero attached hydrogens (tertiary/aromatic N) is 2. The van der Waals surface area contributed by atoms with Crippen molar-refractivity contribution in [1.29, 1.82) is 0 Å². The summed E-state index contributed by atoms with van der Waals surface area (Å²) in [5.41, 5.74) is 7.74. The van der Waals surface area contributed by atoms with Gasteiger partial charge in [-0.05, 0) is 92.6 Å². The molecule has 148 valence electrons. The summed E-state index contributed by atoms with van der Waals surface area (Å²) in [4.78, 5) is 8.38. The van der Waals surface area contributed by atoms with Crippen molar-refractivity contribution in [3.8, 4) is 0 Å². The highest BCUT2D eigenvalue weighted by atomic mass is 15.0. The molecule has 1 aliphatic carbocycles. The quantitative estimate of drug-likeness (QED) is 0.477. The van der Waals surface area contributed by atoms with Gasteiger partial charge in [-0.25, -0.2) is 4.98 Å². The molecule has 0 spiro atoms. The van der Waals surface area contributed by atoms with Crippen molar-refractivity contribution in [2.24, 2.45) is 7.05 Å². The SMILES string of the molecule is Cn1cc(C2CCNCC2)c2cc(Nc3ccc4c5c([nH]c4n3)CCC5)ccc21. The summed E-state index contributed by atoms with van der Waals surface area (Å²) in [5, 5.41) is 9.67. The lowest BCUT2D eigenvalue weighted by Crippen LogP contribution is -2.26. The Kier molecular flexibility index (Phi) is 3.91. The Morgan fingerprint density at radius 3 is 2.86 bits per heavy atom. The van der Waals surface area contributed by atoms with Crippen LogP contribution in [0.25, 0.3) is 21.9 Å². The van der Waals surface area contributed by atoms with Crippen molar-refractivity contribution in [1.82, 2.24) is 19.9 Å². The number of aromatic amines is 1. The molecule has 1 aromatic carbocycles. The van der Waals surface area contributed by atoms with E-state index in [-0.39, 0.29) is 0 Å². The third-order valence-electron chi connectivity index (χ3n) is 6.78. The fraction of sp³-hybridized carbons (Fsp3) is 0.375. The maximum atomic E-state index is 4.85. The molecular formula is C24H27N5. The van der Waals surface area contributed by atoms with Crippen LogP contribution in [0.15, 0.2) is 36.5 Å². The van der Waals surface area contributed by atoms with Gasteiger partial charge in [-0.1, -0.05) is 0 Å². The second-order valence-electron chi connectivity index (χ2n) is 8.60. The molecule has 6 rings (SSSR count). The molecule has 1 saturated heterocycles. The first-order valence-corrected chi connectivity index (χ1v) is 10.8. The second kappa shape index (κ2) is 6.63. The molecule has 3 N–H and O–H groups in total. The standard InChI is InChI=1S/C24H27N5/c1-29-14-20(15-9-11-25-12-10-15)19-13-16(5-7-22(19)29)26-23-8-6-18-17-3-2-4-21(17)27-24(18)28-23/h5-8,13-15,25H,2-4,9-12H2,1H3,(H2,26,27,28). The predicted octanol–water partition coefficient (Wildman–Crippen LogP) is 4.75. The van der Waals surface area contributed by atoms with Gasteiger partial charge in [0.25, 0.3) is 0 Å². The van der Waals surface area contributed by atoms with Crippen LogP contribution in [0, 0.1) is 0 Å². The molecule has 0 unspecified atom stereocenters. The number of pyridine rings is 1. The highest BCUT2D eigenvalue weighted by Gasteiger charge is 2.20. The Hall–Kier alpha value is -2.79. The lowest BCUT2D eigenvalue weighted by atomic mass is 9.90. The van der Waals surface area contributed by atoms with Crippen LogP contribution in [-0.4, -0.2) is 27.6 Å². The topological polar surface area (TPSA) is 57.7 Å². The number of rotatable bonds is 3. The van der Waals surface area contributed by atoms with Crippen molar-refractivity contribution in [2.45, 2.75) is 38.0 Å². The van der Waals surface area contributed by atoms with Crippen LogP contribution in [0.5, 0.6) is 0 Å². The third kappa shape index (κ3) is 2.84. The lowest BCUT2D eigenvalue weighted by molar-refractivity contribution is 0.462. The molecule has 5 heteroatoms. The van der Waals surface area contributed by atoms with Crippen molar-refractivity contribution < 1.29 is 0 Å². The van der Waals surface area contributed by atoms with Gasteiger partial charge in [-0.15, -0.1) is 0 Å². The van der Waals surface area contributed by atoms with Gasteiger partial charge >= 0.3 is 0 Å². The number of hydrogen-bond donors (Lipinski definition) is 3. The predicted molar refractivity (Wildman–Crippen MR) is 119 cm³/mol. The fourth-order valence-corrected chi connectivity index (χ4v) is 5.30. The van der Waals surface area contributed by atoms with Gasteiger partial charge in [0.15, 0.2) is 0 Å². The Labute approximate surface area is 170 Å². The zero-order valence-corrected chi connectivity index (χ0v) is 16.9. The summed E-state index contributed by atoms with van der Waals surface area (Å²) >= 11 is 0. The second-order valence-corrected chi connectivity index (χ2v) is 8.60. The summed E-state index contributed by atoms with van der Waals surface area (Å²) in [5.74, 6) is 1.54. The summed E-state index contributed by atoms with van der Waals surface area (Å²) in [7, 11) is 2.15. The number of hydrogen-bond acceptors (Lipinski definition) is 3. The minimum Gasteiger partial charge on any atom is -0.350 e. The Bertz CT molecular complexity index is 1210. The van der Waals surface area contributed by atoms with Crippen LogP contribution >= 0.6 is 0 Å². The fourth-order valence-electron chi connectivity index (χ4n) is 5.30. The number of anilines is 2. The maximum absolute atomic E-state index is 4.85. The number of fused-ring (bicyclic) bond motifs is 4. The Balaban J connectivity index is 1.35. The number of aryl methyl sites for hydroxylation is 3. The van der Waals surface area contributed by atoms with Crippen molar-refractivity contribution in [3.63, 3.8) is 0 Å². The van der Waals surface area contributed by atoms with Crippen molar-refractivity contribution in [3.05, 3.63) is 53.3 Å². The number of aromatic nitrogens is 3. The summed E-state index contributed by atoms with van der Waals surface area (Å²) in [6.07, 6.45) is 8.34. The summed E-state index contributed by atoms with van der Waals surface area (Å²) in [6.45, 7) is 2.23. The molecule has 4 heterocycles. The molecule has 3 aromatic heterocycles. The molecule has 1 fully saturated rings. The van der Waals surface area contributed by atoms with E-state index in [0.717, 1.165) is 36.7 Å². The Morgan fingerprint density at radius 1 is 1.07 bits per heavy atom. The average Bonchev–Trinajstić information content (AvgIpc) is 3.42. The number of H-pyrrole nitrogens is 1. The molecule has 2 aliphatic rings. The van der Waals surface area contributed by atoms with Crippen LogP contribution in [0.4, 0.5) is 11.5 Å². The van der Waals surface area contributed by atoms with Crippen molar-refractivity contribution in [2.75, 3.05) is 18.4 Å². The minimum absolute atomic E-state index is 0.644. The number of benzene rings is 1. The lowest BCUT2D eigenvalue weighted by Gasteiger charge is -2.22. The number of nitrogens with one attached hydrogen (secondary N) is 3. The summed E-state index contributed by atoms with van der Waals surface area (Å²) in [6, 6.07) is 11.0. The largest absolute Gasteiger partial charge is 0.350 e. The van der Waals surface area contributed by atoms with E-state index in [0.29, 0.717) is 5.92 Å². The van der Waals surface area contributed by atoms with Crippen LogP contribution in [-0.2, 0) is 19.9 Å². The first kappa shape index (κ1) is 17.1. The maximum Gasteiger partial charge on any atom is 0.140 e. The molecule has 0 saturated carbocycles. The highest BCUT2D eigenvalue weighted by Crippen LogP contribution is 2.35. The smallest absolute Gasteiger partial charge is 0.140 e. The molecule has 1 aliphatic heterocycles.